The standard InChI is InChI=1S/C10H10ClFN2O3S/c1-6-2-9(13-4-8(6)11)14-5-7(3-10(14)15)18(12,16)17/h2,4,7H,3,5H2,1H3. The highest BCUT2D eigenvalue weighted by Crippen LogP contribution is 2.26. The Bertz CT molecular complexity index is 605. The van der Waals surface area contributed by atoms with E-state index >= 15 is 0 Å². The number of hydrogen-bond acceptors (Lipinski definition) is 4. The first-order valence-electron chi connectivity index (χ1n) is 5.15. The number of carbonyl (C=O) groups is 1. The van der Waals surface area contributed by atoms with E-state index in [-0.39, 0.29) is 18.8 Å². The van der Waals surface area contributed by atoms with Gasteiger partial charge in [0.2, 0.25) is 5.91 Å². The Morgan fingerprint density at radius 3 is 2.72 bits per heavy atom. The molecule has 2 rings (SSSR count). The third kappa shape index (κ3) is 2.46. The lowest BCUT2D eigenvalue weighted by atomic mass is 10.3. The molecule has 1 aliphatic rings. The molecular weight excluding hydrogens is 283 g/mol. The molecule has 2 heterocycles. The molecule has 0 spiro atoms. The van der Waals surface area contributed by atoms with Crippen LogP contribution >= 0.6 is 11.6 Å². The van der Waals surface area contributed by atoms with E-state index < -0.39 is 21.4 Å². The smallest absolute Gasteiger partial charge is 0.295 e. The largest absolute Gasteiger partial charge is 0.307 e. The van der Waals surface area contributed by atoms with Crippen LogP contribution in [0.2, 0.25) is 5.02 Å². The molecule has 18 heavy (non-hydrogen) atoms. The van der Waals surface area contributed by atoms with Gasteiger partial charge in [-0.25, -0.2) is 4.98 Å². The zero-order valence-electron chi connectivity index (χ0n) is 9.43. The second kappa shape index (κ2) is 4.47. The molecule has 1 amide bonds. The first-order chi connectivity index (χ1) is 8.29. The highest BCUT2D eigenvalue weighted by Gasteiger charge is 2.39. The van der Waals surface area contributed by atoms with E-state index in [1.54, 1.807) is 13.0 Å². The Hall–Kier alpha value is -1.21. The number of hydrogen-bond donors (Lipinski definition) is 0. The lowest BCUT2D eigenvalue weighted by Crippen LogP contribution is -2.27. The average molecular weight is 293 g/mol. The minimum Gasteiger partial charge on any atom is -0.295 e. The summed E-state index contributed by atoms with van der Waals surface area (Å²) in [6, 6.07) is 1.56. The Balaban J connectivity index is 2.30. The van der Waals surface area contributed by atoms with Crippen LogP contribution in [-0.2, 0) is 15.0 Å². The lowest BCUT2D eigenvalue weighted by Gasteiger charge is -2.15. The summed E-state index contributed by atoms with van der Waals surface area (Å²) >= 11 is 5.80. The Kier molecular flexibility index (Phi) is 3.29. The number of anilines is 1. The maximum atomic E-state index is 12.9. The molecule has 1 aromatic heterocycles. The van der Waals surface area contributed by atoms with Gasteiger partial charge in [0, 0.05) is 19.2 Å². The molecule has 1 aliphatic heterocycles. The molecule has 1 saturated heterocycles. The van der Waals surface area contributed by atoms with E-state index in [1.165, 1.54) is 6.20 Å². The van der Waals surface area contributed by atoms with Crippen molar-refractivity contribution in [3.05, 3.63) is 22.8 Å². The van der Waals surface area contributed by atoms with E-state index in [0.29, 0.717) is 10.6 Å². The van der Waals surface area contributed by atoms with Crippen LogP contribution in [0.25, 0.3) is 0 Å². The molecular formula is C10H10ClFN2O3S. The normalized spacial score (nSPS) is 20.5. The van der Waals surface area contributed by atoms with Gasteiger partial charge in [0.05, 0.1) is 5.02 Å². The number of aryl methyl sites for hydroxylation is 1. The molecule has 5 nitrogen and oxygen atoms in total. The van der Waals surface area contributed by atoms with Crippen LogP contribution < -0.4 is 4.90 Å². The molecule has 0 aliphatic carbocycles. The van der Waals surface area contributed by atoms with E-state index in [9.17, 15) is 17.1 Å². The van der Waals surface area contributed by atoms with E-state index in [0.717, 1.165) is 4.90 Å². The van der Waals surface area contributed by atoms with Crippen molar-refractivity contribution in [2.75, 3.05) is 11.4 Å². The molecule has 0 aromatic carbocycles. The number of aromatic nitrogens is 1. The van der Waals surface area contributed by atoms with E-state index in [2.05, 4.69) is 4.98 Å². The molecule has 1 unspecified atom stereocenters. The maximum absolute atomic E-state index is 12.9. The number of nitrogens with zero attached hydrogens (tertiary/aromatic N) is 2. The summed E-state index contributed by atoms with van der Waals surface area (Å²) in [5, 5.41) is -0.872. The van der Waals surface area contributed by atoms with Gasteiger partial charge in [0.1, 0.15) is 11.1 Å². The van der Waals surface area contributed by atoms with Crippen LogP contribution in [-0.4, -0.2) is 31.1 Å². The predicted octanol–water partition coefficient (Wildman–Crippen LogP) is 1.45. The van der Waals surface area contributed by atoms with Crippen molar-refractivity contribution in [1.82, 2.24) is 4.98 Å². The lowest BCUT2D eigenvalue weighted by molar-refractivity contribution is -0.117. The summed E-state index contributed by atoms with van der Waals surface area (Å²) in [6.45, 7) is 1.52. The minimum atomic E-state index is -4.71. The van der Waals surface area contributed by atoms with E-state index in [4.69, 9.17) is 11.6 Å². The highest BCUT2D eigenvalue weighted by molar-refractivity contribution is 7.87. The van der Waals surface area contributed by atoms with Crippen molar-refractivity contribution in [1.29, 1.82) is 0 Å². The van der Waals surface area contributed by atoms with Gasteiger partial charge < -0.3 is 0 Å². The maximum Gasteiger partial charge on any atom is 0.307 e. The first-order valence-corrected chi connectivity index (χ1v) is 6.97. The summed E-state index contributed by atoms with van der Waals surface area (Å²) in [5.41, 5.74) is 0.709. The van der Waals surface area contributed by atoms with Gasteiger partial charge in [-0.3, -0.25) is 9.69 Å². The van der Waals surface area contributed by atoms with Crippen LogP contribution in [0.3, 0.4) is 0 Å². The van der Waals surface area contributed by atoms with Crippen molar-refractivity contribution in [3.63, 3.8) is 0 Å². The Morgan fingerprint density at radius 2 is 2.22 bits per heavy atom. The van der Waals surface area contributed by atoms with Gasteiger partial charge in [0.25, 0.3) is 0 Å². The van der Waals surface area contributed by atoms with Gasteiger partial charge >= 0.3 is 10.2 Å². The second-order valence-electron chi connectivity index (χ2n) is 4.10. The molecule has 8 heteroatoms. The third-order valence-electron chi connectivity index (χ3n) is 2.80. The molecule has 0 bridgehead atoms. The van der Waals surface area contributed by atoms with Crippen molar-refractivity contribution in [2.24, 2.45) is 0 Å². The zero-order chi connectivity index (χ0) is 13.5. The monoisotopic (exact) mass is 292 g/mol. The number of rotatable bonds is 2. The number of carbonyl (C=O) groups excluding carboxylic acids is 1. The number of halogens is 2. The van der Waals surface area contributed by atoms with Gasteiger partial charge in [-0.05, 0) is 18.6 Å². The third-order valence-corrected chi connectivity index (χ3v) is 4.30. The Labute approximate surface area is 109 Å². The van der Waals surface area contributed by atoms with Crippen molar-refractivity contribution in [3.8, 4) is 0 Å². The molecule has 0 N–H and O–H groups in total. The van der Waals surface area contributed by atoms with Crippen molar-refractivity contribution in [2.45, 2.75) is 18.6 Å². The second-order valence-corrected chi connectivity index (χ2v) is 6.12. The highest BCUT2D eigenvalue weighted by atomic mass is 35.5. The van der Waals surface area contributed by atoms with Crippen molar-refractivity contribution >= 4 is 33.5 Å². The summed E-state index contributed by atoms with van der Waals surface area (Å²) < 4.78 is 34.4. The van der Waals surface area contributed by atoms with Crippen LogP contribution in [0.1, 0.15) is 12.0 Å². The van der Waals surface area contributed by atoms with Gasteiger partial charge in [-0.2, -0.15) is 8.42 Å². The van der Waals surface area contributed by atoms with Crippen LogP contribution in [0, 0.1) is 6.92 Å². The molecule has 1 atom stereocenters. The fourth-order valence-electron chi connectivity index (χ4n) is 1.76. The van der Waals surface area contributed by atoms with Crippen molar-refractivity contribution < 1.29 is 17.1 Å². The molecule has 1 aromatic rings. The van der Waals surface area contributed by atoms with Gasteiger partial charge in [0.15, 0.2) is 0 Å². The van der Waals surface area contributed by atoms with Crippen LogP contribution in [0.15, 0.2) is 12.3 Å². The summed E-state index contributed by atoms with van der Waals surface area (Å²) in [6.07, 6.45) is 1.01. The predicted molar refractivity (Wildman–Crippen MR) is 64.8 cm³/mol. The molecule has 1 fully saturated rings. The van der Waals surface area contributed by atoms with Crippen LogP contribution in [0.5, 0.6) is 0 Å². The SMILES string of the molecule is Cc1cc(N2CC(S(=O)(=O)F)CC2=O)ncc1Cl. The van der Waals surface area contributed by atoms with Crippen LogP contribution in [0.4, 0.5) is 9.70 Å². The molecule has 98 valence electrons. The topological polar surface area (TPSA) is 67.3 Å². The zero-order valence-corrected chi connectivity index (χ0v) is 11.0. The Morgan fingerprint density at radius 1 is 1.56 bits per heavy atom. The summed E-state index contributed by atoms with van der Waals surface area (Å²) in [5.74, 6) is -0.177. The minimum absolute atomic E-state index is 0.217. The molecule has 0 radical (unpaired) electrons. The van der Waals surface area contributed by atoms with Gasteiger partial charge in [-0.15, -0.1) is 3.89 Å². The first kappa shape index (κ1) is 13.2. The number of amides is 1. The quantitative estimate of drug-likeness (QED) is 0.774. The van der Waals surface area contributed by atoms with Gasteiger partial charge in [-0.1, -0.05) is 11.6 Å². The molecule has 0 saturated carbocycles. The fourth-order valence-corrected chi connectivity index (χ4v) is 2.53. The van der Waals surface area contributed by atoms with E-state index in [1.807, 2.05) is 0 Å². The summed E-state index contributed by atoms with van der Waals surface area (Å²) in [7, 11) is -4.71. The number of pyridine rings is 1. The average Bonchev–Trinajstić information content (AvgIpc) is 2.64. The summed E-state index contributed by atoms with van der Waals surface area (Å²) in [4.78, 5) is 16.8. The fraction of sp³-hybridized carbons (Fsp3) is 0.400.